The number of rotatable bonds is 7. The molecule has 2 heterocycles. The summed E-state index contributed by atoms with van der Waals surface area (Å²) in [6.07, 6.45) is 7.65. The molecule has 23 heavy (non-hydrogen) atoms. The molecule has 0 aromatic carbocycles. The van der Waals surface area contributed by atoms with Crippen LogP contribution in [0, 0.1) is 6.92 Å². The van der Waals surface area contributed by atoms with Crippen LogP contribution < -0.4 is 10.6 Å². The number of nitrogens with zero attached hydrogens (tertiary/aromatic N) is 4. The standard InChI is InChI=1S/C16H24N6S/c1-4-17-16(19-8-10-23-3)21-12-14-5-6-15(20-11-14)22-9-7-18-13(22)2/h5-7,9,11H,4,8,10,12H2,1-3H3,(H2,17,19,21). The number of hydrogen-bond donors (Lipinski definition) is 2. The lowest BCUT2D eigenvalue weighted by atomic mass is 10.3. The molecule has 2 aromatic heterocycles. The van der Waals surface area contributed by atoms with E-state index in [1.807, 2.05) is 41.7 Å². The van der Waals surface area contributed by atoms with E-state index in [0.29, 0.717) is 6.54 Å². The van der Waals surface area contributed by atoms with Crippen molar-refractivity contribution in [1.82, 2.24) is 25.2 Å². The van der Waals surface area contributed by atoms with E-state index in [1.54, 1.807) is 6.20 Å². The smallest absolute Gasteiger partial charge is 0.191 e. The maximum absolute atomic E-state index is 4.59. The summed E-state index contributed by atoms with van der Waals surface area (Å²) in [5, 5.41) is 6.57. The van der Waals surface area contributed by atoms with E-state index in [2.05, 4.69) is 44.8 Å². The van der Waals surface area contributed by atoms with Crippen molar-refractivity contribution in [2.75, 3.05) is 25.1 Å². The highest BCUT2D eigenvalue weighted by Crippen LogP contribution is 2.08. The third-order valence-corrected chi connectivity index (χ3v) is 3.86. The molecule has 0 amide bonds. The van der Waals surface area contributed by atoms with E-state index in [-0.39, 0.29) is 0 Å². The van der Waals surface area contributed by atoms with Crippen molar-refractivity contribution in [1.29, 1.82) is 0 Å². The molecule has 0 aliphatic heterocycles. The Labute approximate surface area is 141 Å². The van der Waals surface area contributed by atoms with Gasteiger partial charge in [0.05, 0.1) is 6.54 Å². The molecule has 0 unspecified atom stereocenters. The van der Waals surface area contributed by atoms with Crippen LogP contribution in [0.5, 0.6) is 0 Å². The molecule has 0 saturated heterocycles. The number of guanidine groups is 1. The van der Waals surface area contributed by atoms with Gasteiger partial charge in [-0.05, 0) is 31.7 Å². The first kappa shape index (κ1) is 17.3. The Kier molecular flexibility index (Phi) is 6.93. The van der Waals surface area contributed by atoms with E-state index in [1.165, 1.54) is 0 Å². The second-order valence-corrected chi connectivity index (χ2v) is 5.97. The van der Waals surface area contributed by atoms with Gasteiger partial charge in [-0.15, -0.1) is 0 Å². The number of aliphatic imine (C=N–C) groups is 1. The molecule has 6 nitrogen and oxygen atoms in total. The van der Waals surface area contributed by atoms with Gasteiger partial charge in [0.2, 0.25) is 0 Å². The Morgan fingerprint density at radius 3 is 2.78 bits per heavy atom. The zero-order chi connectivity index (χ0) is 16.5. The zero-order valence-electron chi connectivity index (χ0n) is 13.9. The molecule has 124 valence electrons. The lowest BCUT2D eigenvalue weighted by Gasteiger charge is -2.10. The van der Waals surface area contributed by atoms with Gasteiger partial charge in [0, 0.05) is 37.4 Å². The molecule has 0 fully saturated rings. The van der Waals surface area contributed by atoms with Gasteiger partial charge >= 0.3 is 0 Å². The third kappa shape index (κ3) is 5.28. The third-order valence-electron chi connectivity index (χ3n) is 3.24. The first-order valence-electron chi connectivity index (χ1n) is 7.71. The number of nitrogens with one attached hydrogen (secondary N) is 2. The summed E-state index contributed by atoms with van der Waals surface area (Å²) in [5.41, 5.74) is 1.08. The molecule has 0 aliphatic carbocycles. The van der Waals surface area contributed by atoms with Gasteiger partial charge < -0.3 is 10.6 Å². The van der Waals surface area contributed by atoms with Crippen molar-refractivity contribution in [2.45, 2.75) is 20.4 Å². The Morgan fingerprint density at radius 2 is 2.17 bits per heavy atom. The van der Waals surface area contributed by atoms with Gasteiger partial charge in [-0.25, -0.2) is 15.0 Å². The van der Waals surface area contributed by atoms with Crippen LogP contribution in [0.25, 0.3) is 5.82 Å². The van der Waals surface area contributed by atoms with E-state index in [4.69, 9.17) is 0 Å². The topological polar surface area (TPSA) is 67.1 Å². The first-order chi connectivity index (χ1) is 11.2. The van der Waals surface area contributed by atoms with E-state index in [0.717, 1.165) is 42.0 Å². The van der Waals surface area contributed by atoms with Crippen molar-refractivity contribution in [3.63, 3.8) is 0 Å². The molecule has 2 rings (SSSR count). The fourth-order valence-electron chi connectivity index (χ4n) is 2.06. The minimum absolute atomic E-state index is 0.602. The molecule has 0 radical (unpaired) electrons. The van der Waals surface area contributed by atoms with Crippen LogP contribution in [-0.2, 0) is 6.54 Å². The van der Waals surface area contributed by atoms with Gasteiger partial charge in [-0.1, -0.05) is 6.07 Å². The highest BCUT2D eigenvalue weighted by Gasteiger charge is 2.02. The van der Waals surface area contributed by atoms with Gasteiger partial charge in [-0.2, -0.15) is 11.8 Å². The number of thioether (sulfide) groups is 1. The van der Waals surface area contributed by atoms with Crippen molar-refractivity contribution in [3.8, 4) is 5.82 Å². The van der Waals surface area contributed by atoms with E-state index >= 15 is 0 Å². The van der Waals surface area contributed by atoms with Gasteiger partial charge in [0.25, 0.3) is 0 Å². The minimum Gasteiger partial charge on any atom is -0.357 e. The Bertz CT molecular complexity index is 620. The Morgan fingerprint density at radius 1 is 1.30 bits per heavy atom. The van der Waals surface area contributed by atoms with Gasteiger partial charge in [0.1, 0.15) is 11.6 Å². The van der Waals surface area contributed by atoms with Crippen molar-refractivity contribution >= 4 is 17.7 Å². The van der Waals surface area contributed by atoms with Crippen LogP contribution in [0.3, 0.4) is 0 Å². The maximum atomic E-state index is 4.59. The number of aromatic nitrogens is 3. The minimum atomic E-state index is 0.602. The lowest BCUT2D eigenvalue weighted by Crippen LogP contribution is -2.38. The molecular weight excluding hydrogens is 308 g/mol. The van der Waals surface area contributed by atoms with Crippen LogP contribution in [0.4, 0.5) is 0 Å². The molecule has 0 saturated carbocycles. The summed E-state index contributed by atoms with van der Waals surface area (Å²) in [6, 6.07) is 4.05. The predicted octanol–water partition coefficient (Wildman–Crippen LogP) is 1.99. The molecule has 0 atom stereocenters. The number of hydrogen-bond acceptors (Lipinski definition) is 4. The summed E-state index contributed by atoms with van der Waals surface area (Å²) in [6.45, 7) is 6.38. The predicted molar refractivity (Wildman–Crippen MR) is 97.3 cm³/mol. The molecular formula is C16H24N6S. The summed E-state index contributed by atoms with van der Waals surface area (Å²) in [4.78, 5) is 13.3. The Hall–Kier alpha value is -2.02. The van der Waals surface area contributed by atoms with Crippen molar-refractivity contribution in [2.24, 2.45) is 4.99 Å². The highest BCUT2D eigenvalue weighted by molar-refractivity contribution is 7.98. The highest BCUT2D eigenvalue weighted by atomic mass is 32.2. The largest absolute Gasteiger partial charge is 0.357 e. The molecule has 0 spiro atoms. The summed E-state index contributed by atoms with van der Waals surface area (Å²) >= 11 is 1.81. The quantitative estimate of drug-likeness (QED) is 0.461. The summed E-state index contributed by atoms with van der Waals surface area (Å²) in [5.74, 6) is 3.70. The van der Waals surface area contributed by atoms with Crippen LogP contribution in [0.2, 0.25) is 0 Å². The molecule has 0 bridgehead atoms. The van der Waals surface area contributed by atoms with E-state index < -0.39 is 0 Å². The average Bonchev–Trinajstić information content (AvgIpc) is 2.99. The van der Waals surface area contributed by atoms with Crippen molar-refractivity contribution in [3.05, 3.63) is 42.1 Å². The molecule has 2 aromatic rings. The zero-order valence-corrected chi connectivity index (χ0v) is 14.7. The lowest BCUT2D eigenvalue weighted by molar-refractivity contribution is 0.841. The van der Waals surface area contributed by atoms with Gasteiger partial charge in [0.15, 0.2) is 5.96 Å². The molecule has 2 N–H and O–H groups in total. The van der Waals surface area contributed by atoms with Crippen LogP contribution >= 0.6 is 11.8 Å². The number of aryl methyl sites for hydroxylation is 1. The second kappa shape index (κ2) is 9.19. The Balaban J connectivity index is 1.98. The SMILES string of the molecule is CCNC(=NCc1ccc(-n2ccnc2C)nc1)NCCSC. The van der Waals surface area contributed by atoms with Crippen LogP contribution in [0.1, 0.15) is 18.3 Å². The summed E-state index contributed by atoms with van der Waals surface area (Å²) in [7, 11) is 0. The monoisotopic (exact) mass is 332 g/mol. The summed E-state index contributed by atoms with van der Waals surface area (Å²) < 4.78 is 1.96. The van der Waals surface area contributed by atoms with E-state index in [9.17, 15) is 0 Å². The normalized spacial score (nSPS) is 11.5. The fraction of sp³-hybridized carbons (Fsp3) is 0.438. The number of imidazole rings is 1. The molecule has 7 heteroatoms. The van der Waals surface area contributed by atoms with Crippen LogP contribution in [-0.4, -0.2) is 45.6 Å². The average molecular weight is 332 g/mol. The maximum Gasteiger partial charge on any atom is 0.191 e. The van der Waals surface area contributed by atoms with Crippen molar-refractivity contribution < 1.29 is 0 Å². The van der Waals surface area contributed by atoms with Gasteiger partial charge in [-0.3, -0.25) is 4.57 Å². The number of pyridine rings is 1. The fourth-order valence-corrected chi connectivity index (χ4v) is 2.36. The first-order valence-corrected chi connectivity index (χ1v) is 9.10. The second-order valence-electron chi connectivity index (χ2n) is 4.98. The molecule has 0 aliphatic rings. The van der Waals surface area contributed by atoms with Crippen LogP contribution in [0.15, 0.2) is 35.7 Å².